The summed E-state index contributed by atoms with van der Waals surface area (Å²) in [7, 11) is 0. The molecular formula is C22H17F2N3O3. The van der Waals surface area contributed by atoms with Crippen molar-refractivity contribution in [2.24, 2.45) is 0 Å². The van der Waals surface area contributed by atoms with Crippen molar-refractivity contribution in [2.45, 2.75) is 25.3 Å². The standard InChI is InChI=1S/C22H17F2N3O3/c23-18(24)11-10-17(27-21(29)14-7-1-2-8-15(14)22(27)30)20(28)26-16-9-3-5-13-6-4-12-25-19(13)16/h1-9,12,17-18H,10-11H2,(H,26,28)/t17-/m0/s1. The molecule has 1 aromatic heterocycles. The predicted molar refractivity (Wildman–Crippen MR) is 106 cm³/mol. The Bertz CT molecular complexity index is 1110. The highest BCUT2D eigenvalue weighted by atomic mass is 19.3. The van der Waals surface area contributed by atoms with E-state index in [0.717, 1.165) is 10.3 Å². The van der Waals surface area contributed by atoms with Gasteiger partial charge in [-0.15, -0.1) is 0 Å². The summed E-state index contributed by atoms with van der Waals surface area (Å²) >= 11 is 0. The lowest BCUT2D eigenvalue weighted by atomic mass is 10.1. The van der Waals surface area contributed by atoms with Crippen molar-refractivity contribution < 1.29 is 23.2 Å². The number of imide groups is 1. The molecule has 1 N–H and O–H groups in total. The summed E-state index contributed by atoms with van der Waals surface area (Å²) in [5.41, 5.74) is 1.20. The molecule has 0 fully saturated rings. The van der Waals surface area contributed by atoms with Crippen molar-refractivity contribution in [2.75, 3.05) is 5.32 Å². The van der Waals surface area contributed by atoms with Gasteiger partial charge in [0.15, 0.2) is 0 Å². The fourth-order valence-electron chi connectivity index (χ4n) is 3.57. The first-order chi connectivity index (χ1) is 14.5. The number of carbonyl (C=O) groups excluding carboxylic acids is 3. The number of hydrogen-bond acceptors (Lipinski definition) is 4. The van der Waals surface area contributed by atoms with E-state index in [1.165, 1.54) is 12.1 Å². The Hall–Kier alpha value is -3.68. The van der Waals surface area contributed by atoms with Crippen LogP contribution in [0.2, 0.25) is 0 Å². The molecule has 0 saturated heterocycles. The van der Waals surface area contributed by atoms with Crippen molar-refractivity contribution in [3.63, 3.8) is 0 Å². The minimum Gasteiger partial charge on any atom is -0.322 e. The van der Waals surface area contributed by atoms with Crippen LogP contribution in [-0.4, -0.2) is 40.1 Å². The van der Waals surface area contributed by atoms with Gasteiger partial charge in [0.1, 0.15) is 6.04 Å². The normalized spacial score (nSPS) is 14.3. The molecule has 6 nitrogen and oxygen atoms in total. The van der Waals surface area contributed by atoms with E-state index in [1.54, 1.807) is 36.5 Å². The van der Waals surface area contributed by atoms with Crippen LogP contribution in [0.25, 0.3) is 10.9 Å². The highest BCUT2D eigenvalue weighted by Crippen LogP contribution is 2.28. The van der Waals surface area contributed by atoms with E-state index >= 15 is 0 Å². The molecule has 1 atom stereocenters. The summed E-state index contributed by atoms with van der Waals surface area (Å²) < 4.78 is 25.8. The van der Waals surface area contributed by atoms with E-state index < -0.39 is 36.6 Å². The number of hydrogen-bond donors (Lipinski definition) is 1. The van der Waals surface area contributed by atoms with Crippen LogP contribution in [0.15, 0.2) is 60.8 Å². The number of halogens is 2. The molecule has 30 heavy (non-hydrogen) atoms. The smallest absolute Gasteiger partial charge is 0.262 e. The van der Waals surface area contributed by atoms with E-state index in [0.29, 0.717) is 11.2 Å². The zero-order valence-electron chi connectivity index (χ0n) is 15.7. The highest BCUT2D eigenvalue weighted by molar-refractivity contribution is 6.23. The van der Waals surface area contributed by atoms with Gasteiger partial charge in [-0.3, -0.25) is 24.3 Å². The monoisotopic (exact) mass is 409 g/mol. The maximum absolute atomic E-state index is 13.1. The predicted octanol–water partition coefficient (Wildman–Crippen LogP) is 3.88. The number of anilines is 1. The summed E-state index contributed by atoms with van der Waals surface area (Å²) in [5.74, 6) is -2.05. The first-order valence-electron chi connectivity index (χ1n) is 9.37. The second kappa shape index (κ2) is 7.98. The van der Waals surface area contributed by atoms with Crippen LogP contribution in [0, 0.1) is 0 Å². The molecule has 0 unspecified atom stereocenters. The largest absolute Gasteiger partial charge is 0.322 e. The van der Waals surface area contributed by atoms with E-state index in [9.17, 15) is 23.2 Å². The summed E-state index contributed by atoms with van der Waals surface area (Å²) in [4.78, 5) is 43.7. The quantitative estimate of drug-likeness (QED) is 0.627. The van der Waals surface area contributed by atoms with Gasteiger partial charge in [-0.25, -0.2) is 8.78 Å². The van der Waals surface area contributed by atoms with Crippen molar-refractivity contribution in [3.05, 3.63) is 71.9 Å². The molecule has 0 spiro atoms. The Morgan fingerprint density at radius 1 is 0.933 bits per heavy atom. The zero-order valence-corrected chi connectivity index (χ0v) is 15.7. The van der Waals surface area contributed by atoms with Crippen LogP contribution in [0.4, 0.5) is 14.5 Å². The molecule has 3 amide bonds. The van der Waals surface area contributed by atoms with Crippen LogP contribution in [0.3, 0.4) is 0 Å². The highest BCUT2D eigenvalue weighted by Gasteiger charge is 2.42. The number of pyridine rings is 1. The Labute approximate surface area is 170 Å². The SMILES string of the molecule is O=C(Nc1cccc2cccnc12)[C@H](CCC(F)F)N1C(=O)c2ccccc2C1=O. The molecule has 0 aliphatic carbocycles. The lowest BCUT2D eigenvalue weighted by molar-refractivity contribution is -0.120. The van der Waals surface area contributed by atoms with Crippen LogP contribution in [-0.2, 0) is 4.79 Å². The van der Waals surface area contributed by atoms with E-state index in [4.69, 9.17) is 0 Å². The molecule has 1 aliphatic rings. The fourth-order valence-corrected chi connectivity index (χ4v) is 3.57. The minimum absolute atomic E-state index is 0.157. The van der Waals surface area contributed by atoms with Crippen LogP contribution in [0.5, 0.6) is 0 Å². The molecule has 1 aliphatic heterocycles. The number of nitrogens with zero attached hydrogens (tertiary/aromatic N) is 2. The second-order valence-electron chi connectivity index (χ2n) is 6.88. The summed E-state index contributed by atoms with van der Waals surface area (Å²) in [5, 5.41) is 3.44. The van der Waals surface area contributed by atoms with Crippen LogP contribution in [0.1, 0.15) is 33.6 Å². The molecular weight excluding hydrogens is 392 g/mol. The second-order valence-corrected chi connectivity index (χ2v) is 6.88. The van der Waals surface area contributed by atoms with Crippen molar-refractivity contribution in [1.82, 2.24) is 9.88 Å². The van der Waals surface area contributed by atoms with Crippen LogP contribution < -0.4 is 5.32 Å². The third-order valence-electron chi connectivity index (χ3n) is 4.99. The van der Waals surface area contributed by atoms with Gasteiger partial charge in [-0.05, 0) is 30.7 Å². The van der Waals surface area contributed by atoms with Gasteiger partial charge in [0.25, 0.3) is 11.8 Å². The summed E-state index contributed by atoms with van der Waals surface area (Å²) in [6.07, 6.45) is -2.09. The molecule has 0 radical (unpaired) electrons. The maximum Gasteiger partial charge on any atom is 0.262 e. The molecule has 2 heterocycles. The van der Waals surface area contributed by atoms with Gasteiger partial charge in [-0.1, -0.05) is 30.3 Å². The number of rotatable bonds is 6. The molecule has 152 valence electrons. The first-order valence-corrected chi connectivity index (χ1v) is 9.37. The molecule has 2 aromatic carbocycles. The van der Waals surface area contributed by atoms with E-state index in [1.807, 2.05) is 12.1 Å². The number of aromatic nitrogens is 1. The Morgan fingerprint density at radius 3 is 2.27 bits per heavy atom. The van der Waals surface area contributed by atoms with Gasteiger partial charge in [0, 0.05) is 18.0 Å². The summed E-state index contributed by atoms with van der Waals surface area (Å²) in [6, 6.07) is 13.5. The molecule has 8 heteroatoms. The third kappa shape index (κ3) is 3.52. The molecule has 0 saturated carbocycles. The number of carbonyl (C=O) groups is 3. The average molecular weight is 409 g/mol. The van der Waals surface area contributed by atoms with E-state index in [-0.39, 0.29) is 17.5 Å². The number of benzene rings is 2. The van der Waals surface area contributed by atoms with Gasteiger partial charge in [-0.2, -0.15) is 0 Å². The molecule has 3 aromatic rings. The van der Waals surface area contributed by atoms with Crippen molar-refractivity contribution in [1.29, 1.82) is 0 Å². The number of alkyl halides is 2. The number of amides is 3. The Kier molecular flexibility index (Phi) is 5.22. The maximum atomic E-state index is 13.1. The number of nitrogens with one attached hydrogen (secondary N) is 1. The Balaban J connectivity index is 1.66. The molecule has 4 rings (SSSR count). The van der Waals surface area contributed by atoms with Crippen molar-refractivity contribution >= 4 is 34.3 Å². The number of fused-ring (bicyclic) bond motifs is 2. The van der Waals surface area contributed by atoms with Crippen molar-refractivity contribution in [3.8, 4) is 0 Å². The topological polar surface area (TPSA) is 79.4 Å². The van der Waals surface area contributed by atoms with Crippen LogP contribution >= 0.6 is 0 Å². The zero-order chi connectivity index (χ0) is 21.3. The Morgan fingerprint density at radius 2 is 1.60 bits per heavy atom. The number of para-hydroxylation sites is 1. The first kappa shape index (κ1) is 19.6. The van der Waals surface area contributed by atoms with E-state index in [2.05, 4.69) is 10.3 Å². The lowest BCUT2D eigenvalue weighted by Gasteiger charge is -2.25. The van der Waals surface area contributed by atoms with Gasteiger partial charge < -0.3 is 5.32 Å². The lowest BCUT2D eigenvalue weighted by Crippen LogP contribution is -2.47. The minimum atomic E-state index is -2.67. The van der Waals surface area contributed by atoms with Gasteiger partial charge in [0.05, 0.1) is 22.3 Å². The fraction of sp³-hybridized carbons (Fsp3) is 0.182. The summed E-state index contributed by atoms with van der Waals surface area (Å²) in [6.45, 7) is 0. The van der Waals surface area contributed by atoms with Gasteiger partial charge in [0.2, 0.25) is 12.3 Å². The third-order valence-corrected chi connectivity index (χ3v) is 4.99. The van der Waals surface area contributed by atoms with Gasteiger partial charge >= 0.3 is 0 Å². The average Bonchev–Trinajstić information content (AvgIpc) is 2.99. The molecule has 0 bridgehead atoms.